The summed E-state index contributed by atoms with van der Waals surface area (Å²) in [4.78, 5) is 25.0. The largest absolute Gasteiger partial charge is 0.465 e. The lowest BCUT2D eigenvalue weighted by Gasteiger charge is -2.67. The zero-order valence-corrected chi connectivity index (χ0v) is 26.2. The lowest BCUT2D eigenvalue weighted by Crippen LogP contribution is -2.70. The lowest BCUT2D eigenvalue weighted by molar-refractivity contribution is -0.158. The van der Waals surface area contributed by atoms with E-state index in [4.69, 9.17) is 9.15 Å². The summed E-state index contributed by atoms with van der Waals surface area (Å²) in [5, 5.41) is 0. The third-order valence-electron chi connectivity index (χ3n) is 10.0. The molecule has 0 aromatic carbocycles. The van der Waals surface area contributed by atoms with Gasteiger partial charge < -0.3 is 9.15 Å². The molecule has 1 aromatic heterocycles. The average molecular weight is 798 g/mol. The van der Waals surface area contributed by atoms with Gasteiger partial charge in [-0.1, -0.05) is 93.3 Å². The molecule has 0 bridgehead atoms. The van der Waals surface area contributed by atoms with Crippen molar-refractivity contribution in [3.63, 3.8) is 0 Å². The zero-order valence-electron chi connectivity index (χ0n) is 19.7. The molecule has 1 saturated heterocycles. The van der Waals surface area contributed by atoms with E-state index in [1.807, 2.05) is 13.0 Å². The molecule has 5 aliphatic rings. The van der Waals surface area contributed by atoms with E-state index in [1.54, 1.807) is 0 Å². The van der Waals surface area contributed by atoms with Gasteiger partial charge in [0.25, 0.3) is 0 Å². The van der Waals surface area contributed by atoms with Crippen LogP contribution in [0.1, 0.15) is 76.7 Å². The van der Waals surface area contributed by atoms with Crippen LogP contribution in [0.3, 0.4) is 0 Å². The number of esters is 1. The number of carbonyl (C=O) groups excluding carboxylic acids is 2. The Morgan fingerprint density at radius 1 is 0.971 bits per heavy atom. The summed E-state index contributed by atoms with van der Waals surface area (Å²) in [5.74, 6) is 2.09. The second-order valence-electron chi connectivity index (χ2n) is 11.4. The van der Waals surface area contributed by atoms with Crippen LogP contribution in [0.4, 0.5) is 0 Å². The van der Waals surface area contributed by atoms with Crippen LogP contribution < -0.4 is 0 Å². The number of halogens is 3. The maximum atomic E-state index is 12.6. The van der Waals surface area contributed by atoms with E-state index < -0.39 is 5.60 Å². The maximum Gasteiger partial charge on any atom is 0.306 e. The Bertz CT molecular complexity index is 1200. The van der Waals surface area contributed by atoms with E-state index in [-0.39, 0.29) is 32.8 Å². The minimum atomic E-state index is -0.401. The molecule has 1 aromatic rings. The highest BCUT2D eigenvalue weighted by Gasteiger charge is 2.80. The molecule has 4 aliphatic carbocycles. The normalized spacial score (nSPS) is 47.6. The number of hydrogen-bond donors (Lipinski definition) is 0. The molecule has 182 valence electrons. The number of ether oxygens (including phenoxy) is 1. The summed E-state index contributed by atoms with van der Waals surface area (Å²) in [6, 6.07) is 4.20. The third kappa shape index (κ3) is 2.65. The van der Waals surface area contributed by atoms with Gasteiger partial charge in [0.15, 0.2) is 5.78 Å². The fourth-order valence-corrected chi connectivity index (χ4v) is 13.8. The number of allylic oxidation sites excluding steroid dienone is 4. The Balaban J connectivity index is 1.64. The fourth-order valence-electron chi connectivity index (χ4n) is 7.97. The van der Waals surface area contributed by atoms with Crippen molar-refractivity contribution in [3.8, 4) is 0 Å². The maximum absolute atomic E-state index is 12.6. The highest BCUT2D eigenvalue weighted by Crippen LogP contribution is 2.80. The van der Waals surface area contributed by atoms with Gasteiger partial charge in [0, 0.05) is 23.7 Å². The predicted octanol–water partition coefficient (Wildman–Crippen LogP) is 7.47. The number of aryl methyl sites for hydroxylation is 1. The van der Waals surface area contributed by atoms with Crippen molar-refractivity contribution in [3.05, 3.63) is 47.0 Å². The van der Waals surface area contributed by atoms with Crippen molar-refractivity contribution in [2.45, 2.75) is 88.0 Å². The van der Waals surface area contributed by atoms with E-state index in [0.29, 0.717) is 12.8 Å². The molecule has 0 radical (unpaired) electrons. The lowest BCUT2D eigenvalue weighted by atomic mass is 9.47. The molecule has 34 heavy (non-hydrogen) atoms. The Kier molecular flexibility index (Phi) is 5.28. The molecule has 1 aliphatic heterocycles. The molecule has 6 rings (SSSR count). The first-order valence-corrected chi connectivity index (χ1v) is 15.4. The molecular weight excluding hydrogens is 769 g/mol. The Morgan fingerprint density at radius 3 is 2.38 bits per heavy atom. The number of hydrogen-bond acceptors (Lipinski definition) is 4. The molecule has 2 saturated carbocycles. The number of carbonyl (C=O) groups is 2. The van der Waals surface area contributed by atoms with Crippen LogP contribution in [0.5, 0.6) is 0 Å². The molecule has 0 N–H and O–H groups in total. The first kappa shape index (κ1) is 24.4. The number of rotatable bonds is 1. The van der Waals surface area contributed by atoms with Gasteiger partial charge in [0.1, 0.15) is 20.5 Å². The molecule has 0 unspecified atom stereocenters. The molecule has 1 spiro atoms. The van der Waals surface area contributed by atoms with Crippen molar-refractivity contribution < 1.29 is 18.7 Å². The monoisotopic (exact) mass is 798 g/mol. The molecule has 4 nitrogen and oxygen atoms in total. The highest BCUT2D eigenvalue weighted by molar-refractivity contribution is 14.1. The summed E-state index contributed by atoms with van der Waals surface area (Å²) in [6.45, 7) is 6.74. The summed E-state index contributed by atoms with van der Waals surface area (Å²) in [7, 11) is 0. The number of fused-ring (bicyclic) bond motifs is 6. The quantitative estimate of drug-likeness (QED) is 0.128. The molecule has 3 fully saturated rings. The first-order chi connectivity index (χ1) is 15.9. The molecular formula is C27H29I3O4. The average Bonchev–Trinajstić information content (AvgIpc) is 3.44. The summed E-state index contributed by atoms with van der Waals surface area (Å²) in [5.41, 5.74) is 1.98. The van der Waals surface area contributed by atoms with Crippen molar-refractivity contribution in [2.24, 2.45) is 10.8 Å². The van der Waals surface area contributed by atoms with Crippen LogP contribution in [-0.4, -0.2) is 24.2 Å². The summed E-state index contributed by atoms with van der Waals surface area (Å²) < 4.78 is 11.8. The van der Waals surface area contributed by atoms with Crippen LogP contribution in [0, 0.1) is 17.8 Å². The molecule has 0 amide bonds. The Morgan fingerprint density at radius 2 is 1.74 bits per heavy atom. The second kappa shape index (κ2) is 7.35. The van der Waals surface area contributed by atoms with Gasteiger partial charge in [-0.05, 0) is 69.2 Å². The van der Waals surface area contributed by atoms with Crippen molar-refractivity contribution in [1.82, 2.24) is 0 Å². The van der Waals surface area contributed by atoms with E-state index >= 15 is 0 Å². The van der Waals surface area contributed by atoms with Gasteiger partial charge in [-0.2, -0.15) is 0 Å². The topological polar surface area (TPSA) is 56.5 Å². The third-order valence-corrected chi connectivity index (χ3v) is 18.8. The second-order valence-corrected chi connectivity index (χ2v) is 16.7. The number of ketones is 1. The van der Waals surface area contributed by atoms with E-state index in [0.717, 1.165) is 50.0 Å². The predicted molar refractivity (Wildman–Crippen MR) is 156 cm³/mol. The minimum absolute atomic E-state index is 0.0480. The van der Waals surface area contributed by atoms with Gasteiger partial charge in [-0.3, -0.25) is 9.59 Å². The van der Waals surface area contributed by atoms with Gasteiger partial charge in [-0.15, -0.1) is 0 Å². The first-order valence-electron chi connectivity index (χ1n) is 12.2. The van der Waals surface area contributed by atoms with E-state index in [1.165, 1.54) is 11.1 Å². The van der Waals surface area contributed by atoms with Gasteiger partial charge in [-0.25, -0.2) is 0 Å². The van der Waals surface area contributed by atoms with Gasteiger partial charge in [0.2, 0.25) is 0 Å². The summed E-state index contributed by atoms with van der Waals surface area (Å²) in [6.07, 6.45) is 10.8. The van der Waals surface area contributed by atoms with Gasteiger partial charge in [0.05, 0.1) is 6.84 Å². The highest BCUT2D eigenvalue weighted by atomic mass is 127. The van der Waals surface area contributed by atoms with Crippen LogP contribution in [0.25, 0.3) is 0 Å². The van der Waals surface area contributed by atoms with Crippen LogP contribution in [0.2, 0.25) is 0 Å². The zero-order chi connectivity index (χ0) is 24.4. The fraction of sp³-hybridized carbons (Fsp3) is 0.630. The van der Waals surface area contributed by atoms with Gasteiger partial charge >= 0.3 is 5.97 Å². The minimum Gasteiger partial charge on any atom is -0.465 e. The van der Waals surface area contributed by atoms with Crippen LogP contribution >= 0.6 is 67.8 Å². The van der Waals surface area contributed by atoms with Crippen molar-refractivity contribution in [1.29, 1.82) is 0 Å². The Hall–Kier alpha value is 0.0900. The number of furan rings is 1. The number of alkyl halides is 3. The van der Waals surface area contributed by atoms with Crippen molar-refractivity contribution in [2.75, 3.05) is 0 Å². The van der Waals surface area contributed by atoms with E-state index in [2.05, 4.69) is 99.8 Å². The smallest absolute Gasteiger partial charge is 0.306 e. The molecule has 7 heteroatoms. The molecule has 6 atom stereocenters. The van der Waals surface area contributed by atoms with Crippen LogP contribution in [-0.2, 0) is 17.7 Å². The van der Waals surface area contributed by atoms with E-state index in [9.17, 15) is 9.59 Å². The van der Waals surface area contributed by atoms with Crippen LogP contribution in [0.15, 0.2) is 39.8 Å². The Labute approximate surface area is 241 Å². The summed E-state index contributed by atoms with van der Waals surface area (Å²) >= 11 is 8.23. The van der Waals surface area contributed by atoms with Crippen molar-refractivity contribution >= 4 is 79.5 Å². The SMILES string of the molecule is Cc1ccc([C@]2(I)CC3=CC(=O)CC[C@]3(C)C3=CC[C@]4(C)[C@]5(CCC(=O)O5)CC[C@@]4(I)[C@@]32I)o1. The molecule has 2 heterocycles. The standard InChI is InChI=1S/C27H29I3O4/c1-16-4-5-20(33-16)25(28)15-17-14-18(31)6-9-22(17,2)19-7-10-23(3)24(11-8-21(32)34-24)12-13-26(23,29)27(19,25)30/h4-5,7,14H,6,8-13,15H2,1-3H3/t22-,23+,24-,25+,26-,27+/m0/s1.